The van der Waals surface area contributed by atoms with E-state index in [2.05, 4.69) is 16.1 Å². The van der Waals surface area contributed by atoms with E-state index in [4.69, 9.17) is 4.74 Å². The van der Waals surface area contributed by atoms with Crippen molar-refractivity contribution in [1.29, 1.82) is 0 Å². The minimum atomic E-state index is -0.304. The van der Waals surface area contributed by atoms with Crippen LogP contribution >= 0.6 is 0 Å². The number of carbonyl (C=O) groups excluding carboxylic acids is 2. The highest BCUT2D eigenvalue weighted by molar-refractivity contribution is 5.81. The lowest BCUT2D eigenvalue weighted by atomic mass is 10.2. The Hall–Kier alpha value is -2.41. The molecule has 0 saturated carbocycles. The van der Waals surface area contributed by atoms with Crippen LogP contribution in [0.15, 0.2) is 30.5 Å². The largest absolute Gasteiger partial charge is 0.466 e. The lowest BCUT2D eigenvalue weighted by molar-refractivity contribution is -0.146. The van der Waals surface area contributed by atoms with Crippen molar-refractivity contribution in [2.24, 2.45) is 0 Å². The molecule has 1 saturated heterocycles. The standard InChI is InChI=1S/C18H24N4O3/c1-2-25-18(24)7-6-17(23)21-11-9-20(10-12-21)14-15-13-16-5-3-4-8-22(16)19-15/h3-5,8,13H,2,6-7,9-12,14H2,1H3. The molecule has 2 aromatic heterocycles. The average Bonchev–Trinajstić information content (AvgIpc) is 3.03. The first-order valence-electron chi connectivity index (χ1n) is 8.74. The SMILES string of the molecule is CCOC(=O)CCC(=O)N1CCN(Cc2cc3ccccn3n2)CC1. The molecular weight excluding hydrogens is 320 g/mol. The molecule has 0 aromatic carbocycles. The third kappa shape index (κ3) is 4.57. The molecule has 3 rings (SSSR count). The number of nitrogens with zero attached hydrogens (tertiary/aromatic N) is 4. The van der Waals surface area contributed by atoms with Crippen LogP contribution in [-0.4, -0.2) is 64.1 Å². The molecule has 7 heteroatoms. The Balaban J connectivity index is 1.45. The van der Waals surface area contributed by atoms with Gasteiger partial charge in [-0.05, 0) is 25.1 Å². The van der Waals surface area contributed by atoms with E-state index in [1.807, 2.05) is 33.8 Å². The van der Waals surface area contributed by atoms with E-state index in [-0.39, 0.29) is 24.7 Å². The van der Waals surface area contributed by atoms with Crippen molar-refractivity contribution in [3.05, 3.63) is 36.2 Å². The molecule has 1 amide bonds. The Labute approximate surface area is 147 Å². The Kier molecular flexibility index (Phi) is 5.65. The van der Waals surface area contributed by atoms with Crippen molar-refractivity contribution in [1.82, 2.24) is 19.4 Å². The van der Waals surface area contributed by atoms with Gasteiger partial charge < -0.3 is 9.64 Å². The molecule has 0 unspecified atom stereocenters. The second kappa shape index (κ2) is 8.11. The summed E-state index contributed by atoms with van der Waals surface area (Å²) in [6.07, 6.45) is 2.33. The van der Waals surface area contributed by atoms with Crippen LogP contribution in [0.25, 0.3) is 5.52 Å². The van der Waals surface area contributed by atoms with Crippen LogP contribution in [0.1, 0.15) is 25.5 Å². The van der Waals surface area contributed by atoms with Gasteiger partial charge in [-0.15, -0.1) is 0 Å². The zero-order chi connectivity index (χ0) is 17.6. The summed E-state index contributed by atoms with van der Waals surface area (Å²) in [5.41, 5.74) is 2.12. The fourth-order valence-corrected chi connectivity index (χ4v) is 3.05. The van der Waals surface area contributed by atoms with E-state index in [1.165, 1.54) is 0 Å². The van der Waals surface area contributed by atoms with Gasteiger partial charge in [0.1, 0.15) is 0 Å². The van der Waals surface area contributed by atoms with Crippen molar-refractivity contribution in [2.45, 2.75) is 26.3 Å². The molecule has 134 valence electrons. The monoisotopic (exact) mass is 344 g/mol. The molecule has 7 nitrogen and oxygen atoms in total. The van der Waals surface area contributed by atoms with Crippen LogP contribution < -0.4 is 0 Å². The number of aromatic nitrogens is 2. The minimum absolute atomic E-state index is 0.0282. The maximum atomic E-state index is 12.2. The molecule has 0 aliphatic carbocycles. The maximum absolute atomic E-state index is 12.2. The molecule has 1 aliphatic rings. The van der Waals surface area contributed by atoms with E-state index in [1.54, 1.807) is 6.92 Å². The fourth-order valence-electron chi connectivity index (χ4n) is 3.05. The summed E-state index contributed by atoms with van der Waals surface area (Å²) in [7, 11) is 0. The van der Waals surface area contributed by atoms with Crippen molar-refractivity contribution in [3.63, 3.8) is 0 Å². The Morgan fingerprint density at radius 1 is 1.16 bits per heavy atom. The van der Waals surface area contributed by atoms with E-state index in [9.17, 15) is 9.59 Å². The van der Waals surface area contributed by atoms with Gasteiger partial charge in [0, 0.05) is 45.3 Å². The molecule has 0 N–H and O–H groups in total. The van der Waals surface area contributed by atoms with Crippen molar-refractivity contribution < 1.29 is 14.3 Å². The Morgan fingerprint density at radius 2 is 1.96 bits per heavy atom. The highest BCUT2D eigenvalue weighted by Gasteiger charge is 2.22. The van der Waals surface area contributed by atoms with Gasteiger partial charge in [0.25, 0.3) is 0 Å². The first kappa shape index (κ1) is 17.4. The van der Waals surface area contributed by atoms with Crippen molar-refractivity contribution >= 4 is 17.4 Å². The van der Waals surface area contributed by atoms with Gasteiger partial charge in [-0.25, -0.2) is 4.52 Å². The third-order valence-electron chi connectivity index (χ3n) is 4.38. The topological polar surface area (TPSA) is 67.2 Å². The smallest absolute Gasteiger partial charge is 0.306 e. The summed E-state index contributed by atoms with van der Waals surface area (Å²) < 4.78 is 6.74. The van der Waals surface area contributed by atoms with Crippen LogP contribution in [0.3, 0.4) is 0 Å². The zero-order valence-electron chi connectivity index (χ0n) is 14.6. The van der Waals surface area contributed by atoms with Crippen LogP contribution in [0, 0.1) is 0 Å². The van der Waals surface area contributed by atoms with Gasteiger partial charge in [-0.2, -0.15) is 5.10 Å². The van der Waals surface area contributed by atoms with Crippen molar-refractivity contribution in [2.75, 3.05) is 32.8 Å². The number of pyridine rings is 1. The molecule has 0 bridgehead atoms. The number of fused-ring (bicyclic) bond motifs is 1. The van der Waals surface area contributed by atoms with Crippen LogP contribution in [-0.2, 0) is 20.9 Å². The highest BCUT2D eigenvalue weighted by Crippen LogP contribution is 2.11. The van der Waals surface area contributed by atoms with Crippen LogP contribution in [0.4, 0.5) is 0 Å². The summed E-state index contributed by atoms with van der Waals surface area (Å²) in [5, 5.41) is 4.57. The summed E-state index contributed by atoms with van der Waals surface area (Å²) in [5.74, 6) is -0.276. The summed E-state index contributed by atoms with van der Waals surface area (Å²) in [4.78, 5) is 27.7. The van der Waals surface area contributed by atoms with Crippen molar-refractivity contribution in [3.8, 4) is 0 Å². The average molecular weight is 344 g/mol. The van der Waals surface area contributed by atoms with Crippen LogP contribution in [0.2, 0.25) is 0 Å². The van der Waals surface area contributed by atoms with Gasteiger partial charge in [0.15, 0.2) is 0 Å². The fraction of sp³-hybridized carbons (Fsp3) is 0.500. The third-order valence-corrected chi connectivity index (χ3v) is 4.38. The number of amides is 1. The number of rotatable bonds is 6. The lowest BCUT2D eigenvalue weighted by Crippen LogP contribution is -2.48. The minimum Gasteiger partial charge on any atom is -0.466 e. The van der Waals surface area contributed by atoms with Crippen LogP contribution in [0.5, 0.6) is 0 Å². The second-order valence-corrected chi connectivity index (χ2v) is 6.17. The number of hydrogen-bond donors (Lipinski definition) is 0. The Morgan fingerprint density at radius 3 is 2.68 bits per heavy atom. The molecule has 1 fully saturated rings. The van der Waals surface area contributed by atoms with E-state index in [0.717, 1.165) is 30.8 Å². The zero-order valence-corrected chi connectivity index (χ0v) is 14.6. The van der Waals surface area contributed by atoms with E-state index >= 15 is 0 Å². The number of ether oxygens (including phenoxy) is 1. The molecule has 0 spiro atoms. The lowest BCUT2D eigenvalue weighted by Gasteiger charge is -2.34. The second-order valence-electron chi connectivity index (χ2n) is 6.17. The number of carbonyl (C=O) groups is 2. The number of piperazine rings is 1. The van der Waals surface area contributed by atoms with Gasteiger partial charge in [0.05, 0.1) is 24.2 Å². The molecule has 0 radical (unpaired) electrons. The Bertz CT molecular complexity index is 702. The summed E-state index contributed by atoms with van der Waals surface area (Å²) in [6.45, 7) is 5.92. The first-order valence-corrected chi connectivity index (χ1v) is 8.74. The predicted molar refractivity (Wildman–Crippen MR) is 92.9 cm³/mol. The van der Waals surface area contributed by atoms with Gasteiger partial charge >= 0.3 is 5.97 Å². The molecular formula is C18H24N4O3. The normalized spacial score (nSPS) is 15.5. The number of hydrogen-bond acceptors (Lipinski definition) is 5. The quantitative estimate of drug-likeness (QED) is 0.740. The van der Waals surface area contributed by atoms with E-state index in [0.29, 0.717) is 19.7 Å². The van der Waals surface area contributed by atoms with E-state index < -0.39 is 0 Å². The molecule has 2 aromatic rings. The predicted octanol–water partition coefficient (Wildman–Crippen LogP) is 1.32. The maximum Gasteiger partial charge on any atom is 0.306 e. The van der Waals surface area contributed by atoms with Gasteiger partial charge in [0.2, 0.25) is 5.91 Å². The summed E-state index contributed by atoms with van der Waals surface area (Å²) in [6, 6.07) is 8.10. The number of esters is 1. The van der Waals surface area contributed by atoms with Gasteiger partial charge in [-0.3, -0.25) is 14.5 Å². The molecule has 0 atom stereocenters. The molecule has 3 heterocycles. The van der Waals surface area contributed by atoms with Gasteiger partial charge in [-0.1, -0.05) is 6.07 Å². The first-order chi connectivity index (χ1) is 12.2. The molecule has 25 heavy (non-hydrogen) atoms. The highest BCUT2D eigenvalue weighted by atomic mass is 16.5. The summed E-state index contributed by atoms with van der Waals surface area (Å²) >= 11 is 0. The molecule has 1 aliphatic heterocycles.